The first-order valence-electron chi connectivity index (χ1n) is 3.20. The molecule has 58 valence electrons. The highest BCUT2D eigenvalue weighted by atomic mass is 79.9. The van der Waals surface area contributed by atoms with Gasteiger partial charge in [0.25, 0.3) is 0 Å². The minimum Gasteiger partial charge on any atom is -0.102 e. The van der Waals surface area contributed by atoms with Gasteiger partial charge in [0.15, 0.2) is 0 Å². The molecule has 0 rings (SSSR count). The topological polar surface area (TPSA) is 0 Å². The second-order valence-corrected chi connectivity index (χ2v) is 5.19. The second kappa shape index (κ2) is 4.20. The van der Waals surface area contributed by atoms with Crippen molar-refractivity contribution in [1.29, 1.82) is 0 Å². The lowest BCUT2D eigenvalue weighted by atomic mass is 10.2. The first kappa shape index (κ1) is 10.2. The molecule has 1 atom stereocenters. The van der Waals surface area contributed by atoms with Gasteiger partial charge < -0.3 is 0 Å². The van der Waals surface area contributed by atoms with E-state index < -0.39 is 3.78 Å². The fourth-order valence-corrected chi connectivity index (χ4v) is 0.577. The molecule has 2 heteroatoms. The van der Waals surface area contributed by atoms with Crippen molar-refractivity contribution in [3.05, 3.63) is 24.3 Å². The second-order valence-electron chi connectivity index (χ2n) is 2.30. The highest BCUT2D eigenvalue weighted by Crippen LogP contribution is 2.24. The number of rotatable bonds is 3. The third kappa shape index (κ3) is 6.37. The number of alkyl halides is 2. The molecule has 0 saturated heterocycles. The van der Waals surface area contributed by atoms with Crippen molar-refractivity contribution in [2.75, 3.05) is 0 Å². The quantitative estimate of drug-likeness (QED) is 0.503. The van der Waals surface area contributed by atoms with Crippen LogP contribution in [0.3, 0.4) is 0 Å². The summed E-state index contributed by atoms with van der Waals surface area (Å²) in [5.41, 5.74) is 1.09. The zero-order chi connectivity index (χ0) is 8.20. The lowest BCUT2D eigenvalue weighted by molar-refractivity contribution is 1.12. The predicted octanol–water partition coefficient (Wildman–Crippen LogP) is 3.86. The van der Waals surface area contributed by atoms with Gasteiger partial charge >= 0.3 is 0 Å². The van der Waals surface area contributed by atoms with Crippen LogP contribution in [0, 0.1) is 0 Å². The van der Waals surface area contributed by atoms with Crippen molar-refractivity contribution in [3.63, 3.8) is 0 Å². The van der Waals surface area contributed by atoms with Gasteiger partial charge in [-0.1, -0.05) is 47.2 Å². The Morgan fingerprint density at radius 3 is 2.60 bits per heavy atom. The Labute approximate surface area is 76.1 Å². The summed E-state index contributed by atoms with van der Waals surface area (Å²) < 4.78 is -0.425. The fourth-order valence-electron chi connectivity index (χ4n) is 0.382. The average Bonchev–Trinajstić information content (AvgIpc) is 1.81. The largest absolute Gasteiger partial charge is 0.115 e. The normalized spacial score (nSPS) is 17.2. The van der Waals surface area contributed by atoms with Gasteiger partial charge in [0, 0.05) is 0 Å². The van der Waals surface area contributed by atoms with Crippen LogP contribution in [0.25, 0.3) is 0 Å². The van der Waals surface area contributed by atoms with Crippen LogP contribution in [0.5, 0.6) is 0 Å². The van der Waals surface area contributed by atoms with E-state index in [2.05, 4.69) is 29.4 Å². The highest BCUT2D eigenvalue weighted by molar-refractivity contribution is 9.10. The van der Waals surface area contributed by atoms with E-state index in [0.717, 1.165) is 12.0 Å². The summed E-state index contributed by atoms with van der Waals surface area (Å²) in [7, 11) is 0. The van der Waals surface area contributed by atoms with E-state index in [-0.39, 0.29) is 0 Å². The van der Waals surface area contributed by atoms with Crippen LogP contribution in [0.15, 0.2) is 24.3 Å². The zero-order valence-electron chi connectivity index (χ0n) is 6.32. The van der Waals surface area contributed by atoms with E-state index in [1.54, 1.807) is 0 Å². The number of halogens is 2. The van der Waals surface area contributed by atoms with Crippen molar-refractivity contribution in [2.24, 2.45) is 0 Å². The van der Waals surface area contributed by atoms with E-state index in [1.165, 1.54) is 0 Å². The van der Waals surface area contributed by atoms with E-state index in [0.29, 0.717) is 0 Å². The summed E-state index contributed by atoms with van der Waals surface area (Å²) >= 11 is 9.10. The van der Waals surface area contributed by atoms with Gasteiger partial charge in [-0.15, -0.1) is 11.6 Å². The van der Waals surface area contributed by atoms with E-state index >= 15 is 0 Å². The molecule has 0 nitrogen and oxygen atoms in total. The maximum Gasteiger partial charge on any atom is 0.115 e. The van der Waals surface area contributed by atoms with Crippen LogP contribution < -0.4 is 0 Å². The molecule has 0 spiro atoms. The molecule has 0 saturated carbocycles. The molecule has 0 N–H and O–H groups in total. The van der Waals surface area contributed by atoms with Crippen LogP contribution in [0.2, 0.25) is 0 Å². The molecule has 0 amide bonds. The van der Waals surface area contributed by atoms with Crippen molar-refractivity contribution >= 4 is 27.5 Å². The van der Waals surface area contributed by atoms with Crippen LogP contribution in [0.1, 0.15) is 20.3 Å². The first-order chi connectivity index (χ1) is 4.45. The molecule has 0 fully saturated rings. The van der Waals surface area contributed by atoms with Crippen LogP contribution >= 0.6 is 27.5 Å². The summed E-state index contributed by atoms with van der Waals surface area (Å²) in [4.78, 5) is 0. The van der Waals surface area contributed by atoms with E-state index in [9.17, 15) is 0 Å². The van der Waals surface area contributed by atoms with Gasteiger partial charge in [0.2, 0.25) is 0 Å². The van der Waals surface area contributed by atoms with Crippen molar-refractivity contribution in [2.45, 2.75) is 24.1 Å². The molecule has 0 aromatic rings. The Morgan fingerprint density at radius 2 is 2.30 bits per heavy atom. The molecule has 0 heterocycles. The fraction of sp³-hybridized carbons (Fsp3) is 0.500. The van der Waals surface area contributed by atoms with E-state index in [1.807, 2.05) is 19.1 Å². The summed E-state index contributed by atoms with van der Waals surface area (Å²) in [6, 6.07) is 0. The van der Waals surface area contributed by atoms with Crippen LogP contribution in [0.4, 0.5) is 0 Å². The van der Waals surface area contributed by atoms with Gasteiger partial charge in [-0.2, -0.15) is 0 Å². The molecule has 1 unspecified atom stereocenters. The lowest BCUT2D eigenvalue weighted by Gasteiger charge is -2.05. The third-order valence-corrected chi connectivity index (χ3v) is 1.46. The maximum atomic E-state index is 5.82. The van der Waals surface area contributed by atoms with Gasteiger partial charge in [-0.25, -0.2) is 0 Å². The molecule has 0 aliphatic rings. The van der Waals surface area contributed by atoms with Crippen LogP contribution in [-0.4, -0.2) is 3.78 Å². The predicted molar refractivity (Wildman–Crippen MR) is 51.8 cm³/mol. The van der Waals surface area contributed by atoms with Gasteiger partial charge in [0.1, 0.15) is 3.78 Å². The zero-order valence-corrected chi connectivity index (χ0v) is 8.67. The molecule has 0 aliphatic heterocycles. The Hall–Kier alpha value is 0.250. The number of hydrogen-bond acceptors (Lipinski definition) is 0. The van der Waals surface area contributed by atoms with Crippen LogP contribution in [-0.2, 0) is 0 Å². The minimum atomic E-state index is -0.425. The monoisotopic (exact) mass is 222 g/mol. The average molecular weight is 224 g/mol. The van der Waals surface area contributed by atoms with Gasteiger partial charge in [-0.3, -0.25) is 0 Å². The summed E-state index contributed by atoms with van der Waals surface area (Å²) in [6.07, 6.45) is 4.78. The molecule has 0 aromatic carbocycles. The van der Waals surface area contributed by atoms with Crippen molar-refractivity contribution < 1.29 is 0 Å². The summed E-state index contributed by atoms with van der Waals surface area (Å²) in [5, 5.41) is 0. The molecule has 0 radical (unpaired) electrons. The van der Waals surface area contributed by atoms with Gasteiger partial charge in [0.05, 0.1) is 0 Å². The van der Waals surface area contributed by atoms with Crippen molar-refractivity contribution in [3.8, 4) is 0 Å². The summed E-state index contributed by atoms with van der Waals surface area (Å²) in [6.45, 7) is 7.74. The Balaban J connectivity index is 3.88. The molecule has 0 bridgehead atoms. The SMILES string of the molecule is C=C(/C=C\C(C)(Cl)Br)CC. The Kier molecular flexibility index (Phi) is 4.30. The number of allylic oxidation sites excluding steroid dienone is 3. The Morgan fingerprint density at radius 1 is 1.80 bits per heavy atom. The highest BCUT2D eigenvalue weighted by Gasteiger charge is 2.08. The van der Waals surface area contributed by atoms with Gasteiger partial charge in [-0.05, 0) is 13.3 Å². The minimum absolute atomic E-state index is 0.425. The standard InChI is InChI=1S/C8H12BrCl/c1-4-7(2)5-6-8(3,9)10/h5-6H,2,4H2,1,3H3/b6-5-. The third-order valence-electron chi connectivity index (χ3n) is 1.07. The number of hydrogen-bond donors (Lipinski definition) is 0. The maximum absolute atomic E-state index is 5.82. The van der Waals surface area contributed by atoms with E-state index in [4.69, 9.17) is 11.6 Å². The smallest absolute Gasteiger partial charge is 0.102 e. The first-order valence-corrected chi connectivity index (χ1v) is 4.37. The Bertz CT molecular complexity index is 142. The molecule has 0 aromatic heterocycles. The summed E-state index contributed by atoms with van der Waals surface area (Å²) in [5.74, 6) is 0. The molecular weight excluding hydrogens is 211 g/mol. The molecule has 0 aliphatic carbocycles. The molecular formula is C8H12BrCl. The van der Waals surface area contributed by atoms with Crippen molar-refractivity contribution in [1.82, 2.24) is 0 Å². The molecule has 10 heavy (non-hydrogen) atoms. The lowest BCUT2D eigenvalue weighted by Crippen LogP contribution is -1.97.